The van der Waals surface area contributed by atoms with Gasteiger partial charge in [-0.05, 0) is 47.5 Å². The van der Waals surface area contributed by atoms with Gasteiger partial charge in [0.2, 0.25) is 0 Å². The number of aliphatic hydroxyl groups is 1. The Kier molecular flexibility index (Phi) is 3.38. The quantitative estimate of drug-likeness (QED) is 0.928. The molecule has 1 heterocycles. The maximum Gasteiger partial charge on any atom is 0.0738 e. The van der Waals surface area contributed by atoms with Gasteiger partial charge in [0.15, 0.2) is 0 Å². The molecule has 2 rings (SSSR count). The van der Waals surface area contributed by atoms with Crippen LogP contribution in [0.5, 0.6) is 0 Å². The lowest BCUT2D eigenvalue weighted by Crippen LogP contribution is -2.19. The second-order valence-electron chi connectivity index (χ2n) is 5.73. The maximum atomic E-state index is 10.3. The molecular weight excluding hydrogens is 280 g/mol. The number of rotatable bonds is 4. The van der Waals surface area contributed by atoms with Crippen molar-refractivity contribution in [1.29, 1.82) is 0 Å². The van der Waals surface area contributed by atoms with Gasteiger partial charge in [-0.1, -0.05) is 13.8 Å². The molecular formula is C13H21BrN2O. The fourth-order valence-electron chi connectivity index (χ4n) is 2.57. The summed E-state index contributed by atoms with van der Waals surface area (Å²) in [5, 5.41) is 14.7. The van der Waals surface area contributed by atoms with Crippen molar-refractivity contribution < 1.29 is 5.11 Å². The van der Waals surface area contributed by atoms with Crippen molar-refractivity contribution in [3.8, 4) is 0 Å². The average Bonchev–Trinajstić information content (AvgIpc) is 2.82. The van der Waals surface area contributed by atoms with E-state index in [1.54, 1.807) is 0 Å². The number of hydrogen-bond acceptors (Lipinski definition) is 2. The molecule has 96 valence electrons. The first kappa shape index (κ1) is 13.1. The molecule has 0 radical (unpaired) electrons. The van der Waals surface area contributed by atoms with Crippen molar-refractivity contribution in [1.82, 2.24) is 9.78 Å². The Balaban J connectivity index is 2.13. The first-order valence-corrected chi connectivity index (χ1v) is 7.06. The summed E-state index contributed by atoms with van der Waals surface area (Å²) < 4.78 is 3.04. The summed E-state index contributed by atoms with van der Waals surface area (Å²) >= 11 is 3.57. The highest BCUT2D eigenvalue weighted by Gasteiger charge is 2.49. The number of nitrogens with zero attached hydrogens (tertiary/aromatic N) is 2. The second-order valence-corrected chi connectivity index (χ2v) is 6.53. The van der Waals surface area contributed by atoms with Crippen LogP contribution in [0.3, 0.4) is 0 Å². The zero-order valence-corrected chi connectivity index (χ0v) is 12.6. The molecule has 1 saturated carbocycles. The van der Waals surface area contributed by atoms with Gasteiger partial charge in [-0.15, -0.1) is 0 Å². The monoisotopic (exact) mass is 300 g/mol. The third kappa shape index (κ3) is 2.43. The van der Waals surface area contributed by atoms with E-state index in [9.17, 15) is 5.11 Å². The van der Waals surface area contributed by atoms with Crippen molar-refractivity contribution in [2.75, 3.05) is 0 Å². The molecule has 0 amide bonds. The van der Waals surface area contributed by atoms with E-state index in [2.05, 4.69) is 41.8 Å². The minimum absolute atomic E-state index is 0.248. The van der Waals surface area contributed by atoms with Crippen LogP contribution in [-0.4, -0.2) is 21.0 Å². The fourth-order valence-corrected chi connectivity index (χ4v) is 3.01. The van der Waals surface area contributed by atoms with Crippen molar-refractivity contribution in [2.24, 2.45) is 11.3 Å². The van der Waals surface area contributed by atoms with E-state index in [0.29, 0.717) is 17.8 Å². The predicted octanol–water partition coefficient (Wildman–Crippen LogP) is 2.92. The van der Waals surface area contributed by atoms with Gasteiger partial charge in [-0.3, -0.25) is 4.68 Å². The van der Waals surface area contributed by atoms with Crippen LogP contribution < -0.4 is 0 Å². The highest BCUT2D eigenvalue weighted by atomic mass is 79.9. The third-order valence-electron chi connectivity index (χ3n) is 3.91. The molecule has 0 spiro atoms. The van der Waals surface area contributed by atoms with E-state index in [1.807, 2.05) is 11.6 Å². The molecule has 0 aromatic carbocycles. The van der Waals surface area contributed by atoms with E-state index in [4.69, 9.17) is 0 Å². The maximum absolute atomic E-state index is 10.3. The normalized spacial score (nSPS) is 23.8. The van der Waals surface area contributed by atoms with E-state index < -0.39 is 0 Å². The van der Waals surface area contributed by atoms with E-state index in [0.717, 1.165) is 28.8 Å². The SMILES string of the molecule is CCn1nc(C)c(Br)c1CC(O)C1CC1(C)C. The molecule has 0 saturated heterocycles. The third-order valence-corrected chi connectivity index (χ3v) is 4.94. The summed E-state index contributed by atoms with van der Waals surface area (Å²) in [5.41, 5.74) is 2.45. The number of aliphatic hydroxyl groups excluding tert-OH is 1. The van der Waals surface area contributed by atoms with Gasteiger partial charge >= 0.3 is 0 Å². The lowest BCUT2D eigenvalue weighted by Gasteiger charge is -2.13. The molecule has 1 aromatic heterocycles. The minimum atomic E-state index is -0.248. The number of aromatic nitrogens is 2. The summed E-state index contributed by atoms with van der Waals surface area (Å²) in [7, 11) is 0. The van der Waals surface area contributed by atoms with Crippen LogP contribution in [0.2, 0.25) is 0 Å². The summed E-state index contributed by atoms with van der Waals surface area (Å²) in [6.07, 6.45) is 1.58. The molecule has 2 atom stereocenters. The van der Waals surface area contributed by atoms with Crippen LogP contribution >= 0.6 is 15.9 Å². The van der Waals surface area contributed by atoms with Gasteiger partial charge in [0, 0.05) is 13.0 Å². The van der Waals surface area contributed by atoms with Crippen molar-refractivity contribution in [2.45, 2.75) is 53.2 Å². The molecule has 3 nitrogen and oxygen atoms in total. The van der Waals surface area contributed by atoms with Gasteiger partial charge in [-0.2, -0.15) is 5.10 Å². The molecule has 1 aliphatic rings. The van der Waals surface area contributed by atoms with E-state index in [-0.39, 0.29) is 6.10 Å². The first-order valence-electron chi connectivity index (χ1n) is 6.26. The van der Waals surface area contributed by atoms with Crippen LogP contribution in [0.25, 0.3) is 0 Å². The summed E-state index contributed by atoms with van der Waals surface area (Å²) in [5.74, 6) is 0.440. The van der Waals surface area contributed by atoms with Gasteiger partial charge in [0.05, 0.1) is 22.0 Å². The largest absolute Gasteiger partial charge is 0.392 e. The lowest BCUT2D eigenvalue weighted by atomic mass is 10.0. The summed E-state index contributed by atoms with van der Waals surface area (Å²) in [6.45, 7) is 9.36. The standard InChI is InChI=1S/C13H21BrN2O/c1-5-16-10(12(14)8(2)15-16)6-11(17)9-7-13(9,3)4/h9,11,17H,5-7H2,1-4H3. The van der Waals surface area contributed by atoms with Gasteiger partial charge in [-0.25, -0.2) is 0 Å². The highest BCUT2D eigenvalue weighted by Crippen LogP contribution is 2.54. The Morgan fingerprint density at radius 2 is 2.18 bits per heavy atom. The van der Waals surface area contributed by atoms with Crippen LogP contribution in [-0.2, 0) is 13.0 Å². The molecule has 1 N–H and O–H groups in total. The van der Waals surface area contributed by atoms with Crippen LogP contribution in [0.15, 0.2) is 4.47 Å². The molecule has 17 heavy (non-hydrogen) atoms. The Hall–Kier alpha value is -0.350. The number of hydrogen-bond donors (Lipinski definition) is 1. The molecule has 1 fully saturated rings. The molecule has 1 aromatic rings. The van der Waals surface area contributed by atoms with Gasteiger partial charge < -0.3 is 5.11 Å². The lowest BCUT2D eigenvalue weighted by molar-refractivity contribution is 0.134. The average molecular weight is 301 g/mol. The van der Waals surface area contributed by atoms with Crippen LogP contribution in [0, 0.1) is 18.3 Å². The molecule has 1 aliphatic carbocycles. The predicted molar refractivity (Wildman–Crippen MR) is 71.9 cm³/mol. The molecule has 2 unspecified atom stereocenters. The molecule has 0 bridgehead atoms. The number of halogens is 1. The van der Waals surface area contributed by atoms with E-state index >= 15 is 0 Å². The first-order chi connectivity index (χ1) is 7.86. The summed E-state index contributed by atoms with van der Waals surface area (Å²) in [6, 6.07) is 0. The fraction of sp³-hybridized carbons (Fsp3) is 0.769. The van der Waals surface area contributed by atoms with Crippen molar-refractivity contribution >= 4 is 15.9 Å². The van der Waals surface area contributed by atoms with Crippen LogP contribution in [0.4, 0.5) is 0 Å². The number of aryl methyl sites for hydroxylation is 2. The van der Waals surface area contributed by atoms with E-state index in [1.165, 1.54) is 0 Å². The highest BCUT2D eigenvalue weighted by molar-refractivity contribution is 9.10. The van der Waals surface area contributed by atoms with Crippen molar-refractivity contribution in [3.63, 3.8) is 0 Å². The second kappa shape index (κ2) is 4.39. The van der Waals surface area contributed by atoms with Gasteiger partial charge in [0.25, 0.3) is 0 Å². The minimum Gasteiger partial charge on any atom is -0.392 e. The smallest absolute Gasteiger partial charge is 0.0738 e. The van der Waals surface area contributed by atoms with Crippen molar-refractivity contribution in [3.05, 3.63) is 15.9 Å². The van der Waals surface area contributed by atoms with Crippen LogP contribution in [0.1, 0.15) is 38.6 Å². The topological polar surface area (TPSA) is 38.0 Å². The van der Waals surface area contributed by atoms with Gasteiger partial charge in [0.1, 0.15) is 0 Å². The molecule has 4 heteroatoms. The zero-order chi connectivity index (χ0) is 12.8. The Labute approximate surface area is 111 Å². The Morgan fingerprint density at radius 3 is 2.65 bits per heavy atom. The Bertz CT molecular complexity index is 425. The summed E-state index contributed by atoms with van der Waals surface area (Å²) in [4.78, 5) is 0. The Morgan fingerprint density at radius 1 is 1.59 bits per heavy atom. The molecule has 0 aliphatic heterocycles. The zero-order valence-electron chi connectivity index (χ0n) is 11.0.